The summed E-state index contributed by atoms with van der Waals surface area (Å²) in [5.41, 5.74) is -1.16. The summed E-state index contributed by atoms with van der Waals surface area (Å²) in [5, 5.41) is 8.60. The maximum Gasteiger partial charge on any atom is 0.343 e. The molecule has 4 nitrogen and oxygen atoms in total. The molecule has 2 aliphatic rings. The number of nitrogens with zero attached hydrogens (tertiary/aromatic N) is 1. The van der Waals surface area contributed by atoms with Gasteiger partial charge < -0.3 is 10.0 Å². The fourth-order valence-electron chi connectivity index (χ4n) is 2.66. The number of alkyl halides is 1. The zero-order valence-corrected chi connectivity index (χ0v) is 11.5. The minimum atomic E-state index is -2.29. The average Bonchev–Trinajstić information content (AvgIpc) is 3.02. The quantitative estimate of drug-likeness (QED) is 0.903. The van der Waals surface area contributed by atoms with Gasteiger partial charge in [0.15, 0.2) is 0 Å². The van der Waals surface area contributed by atoms with Crippen molar-refractivity contribution in [1.82, 2.24) is 4.90 Å². The number of amides is 1. The molecule has 20 heavy (non-hydrogen) atoms. The Morgan fingerprint density at radius 1 is 1.40 bits per heavy atom. The summed E-state index contributed by atoms with van der Waals surface area (Å²) in [6, 6.07) is 7.80. The molecule has 0 radical (unpaired) electrons. The predicted octanol–water partition coefficient (Wildman–Crippen LogP) is 1.73. The van der Waals surface area contributed by atoms with Crippen LogP contribution in [0.1, 0.15) is 12.0 Å². The lowest BCUT2D eigenvalue weighted by atomic mass is 10.1. The zero-order valence-electron chi connectivity index (χ0n) is 10.7. The third-order valence-corrected chi connectivity index (χ3v) is 5.14. The number of benzene rings is 1. The Morgan fingerprint density at radius 2 is 2.15 bits per heavy atom. The molecule has 1 aromatic carbocycles. The van der Waals surface area contributed by atoms with Crippen LogP contribution >= 0.6 is 11.8 Å². The molecule has 0 aliphatic carbocycles. The topological polar surface area (TPSA) is 57.6 Å². The molecule has 0 spiro atoms. The maximum absolute atomic E-state index is 14.0. The van der Waals surface area contributed by atoms with Gasteiger partial charge in [0, 0.05) is 17.9 Å². The minimum absolute atomic E-state index is 0.127. The van der Waals surface area contributed by atoms with Gasteiger partial charge in [-0.05, 0) is 18.1 Å². The van der Waals surface area contributed by atoms with Crippen molar-refractivity contribution in [2.75, 3.05) is 13.1 Å². The summed E-state index contributed by atoms with van der Waals surface area (Å²) in [4.78, 5) is 25.7. The van der Waals surface area contributed by atoms with Crippen LogP contribution in [0.3, 0.4) is 0 Å². The van der Waals surface area contributed by atoms with Crippen molar-refractivity contribution in [1.29, 1.82) is 0 Å². The second-order valence-electron chi connectivity index (χ2n) is 5.20. The summed E-state index contributed by atoms with van der Waals surface area (Å²) in [6.07, 6.45) is 0.501. The number of carbonyl (C=O) groups excluding carboxylic acids is 1. The lowest BCUT2D eigenvalue weighted by Crippen LogP contribution is -2.41. The second-order valence-corrected chi connectivity index (χ2v) is 6.44. The van der Waals surface area contributed by atoms with Crippen molar-refractivity contribution < 1.29 is 19.1 Å². The molecule has 3 rings (SSSR count). The van der Waals surface area contributed by atoms with Crippen LogP contribution in [0.25, 0.3) is 0 Å². The number of fused-ring (bicyclic) bond motifs is 1. The van der Waals surface area contributed by atoms with Gasteiger partial charge in [-0.1, -0.05) is 18.2 Å². The van der Waals surface area contributed by atoms with Crippen LogP contribution in [-0.2, 0) is 16.0 Å². The van der Waals surface area contributed by atoms with Gasteiger partial charge in [0.05, 0.1) is 11.8 Å². The van der Waals surface area contributed by atoms with Crippen molar-refractivity contribution in [3.63, 3.8) is 0 Å². The van der Waals surface area contributed by atoms with Gasteiger partial charge in [0.2, 0.25) is 11.6 Å². The van der Waals surface area contributed by atoms with Gasteiger partial charge >= 0.3 is 5.97 Å². The zero-order chi connectivity index (χ0) is 14.3. The van der Waals surface area contributed by atoms with Gasteiger partial charge in [0.1, 0.15) is 0 Å². The predicted molar refractivity (Wildman–Crippen MR) is 72.5 cm³/mol. The van der Waals surface area contributed by atoms with Crippen LogP contribution in [0, 0.1) is 0 Å². The lowest BCUT2D eigenvalue weighted by Gasteiger charge is -2.20. The highest BCUT2D eigenvalue weighted by atomic mass is 32.2. The largest absolute Gasteiger partial charge is 0.479 e. The molecule has 1 fully saturated rings. The lowest BCUT2D eigenvalue weighted by molar-refractivity contribution is -0.150. The Hall–Kier alpha value is -1.56. The van der Waals surface area contributed by atoms with E-state index in [0.29, 0.717) is 6.42 Å². The number of hydrogen-bond donors (Lipinski definition) is 1. The average molecular weight is 295 g/mol. The van der Waals surface area contributed by atoms with Crippen molar-refractivity contribution in [3.8, 4) is 0 Å². The van der Waals surface area contributed by atoms with E-state index >= 15 is 0 Å². The monoisotopic (exact) mass is 295 g/mol. The molecule has 6 heteroatoms. The number of carboxylic acid groups (broad SMARTS) is 1. The van der Waals surface area contributed by atoms with Crippen molar-refractivity contribution >= 4 is 23.6 Å². The van der Waals surface area contributed by atoms with E-state index in [1.165, 1.54) is 16.7 Å². The first-order chi connectivity index (χ1) is 9.49. The van der Waals surface area contributed by atoms with Crippen LogP contribution in [0.15, 0.2) is 29.2 Å². The summed E-state index contributed by atoms with van der Waals surface area (Å²) in [6.45, 7) is -0.163. The van der Waals surface area contributed by atoms with E-state index < -0.39 is 11.6 Å². The number of likely N-dealkylation sites (tertiary alicyclic amines) is 1. The van der Waals surface area contributed by atoms with Gasteiger partial charge in [-0.2, -0.15) is 0 Å². The molecule has 0 bridgehead atoms. The van der Waals surface area contributed by atoms with Gasteiger partial charge in [-0.25, -0.2) is 9.18 Å². The van der Waals surface area contributed by atoms with E-state index in [2.05, 4.69) is 0 Å². The molecule has 2 heterocycles. The molecule has 1 saturated heterocycles. The molecule has 0 aromatic heterocycles. The molecule has 2 aliphatic heterocycles. The van der Waals surface area contributed by atoms with Crippen molar-refractivity contribution in [2.24, 2.45) is 0 Å². The molecule has 1 aromatic rings. The normalized spacial score (nSPS) is 28.4. The van der Waals surface area contributed by atoms with Crippen LogP contribution < -0.4 is 0 Å². The Kier molecular flexibility index (Phi) is 3.20. The van der Waals surface area contributed by atoms with E-state index in [0.717, 1.165) is 10.5 Å². The molecule has 2 atom stereocenters. The second kappa shape index (κ2) is 4.77. The molecule has 106 valence electrons. The Labute approximate surface area is 120 Å². The van der Waals surface area contributed by atoms with Gasteiger partial charge in [-0.3, -0.25) is 4.79 Å². The number of carbonyl (C=O) groups is 2. The van der Waals surface area contributed by atoms with Gasteiger partial charge in [-0.15, -0.1) is 11.8 Å². The number of aliphatic carboxylic acids is 1. The standard InChI is InChI=1S/C14H14FNO3S/c15-14(13(18)19)5-6-16(8-14)12(17)11-7-9-3-1-2-4-10(9)20-11/h1-4,11H,5-8H2,(H,18,19). The Balaban J connectivity index is 1.69. The maximum atomic E-state index is 14.0. The first-order valence-electron chi connectivity index (χ1n) is 6.45. The smallest absolute Gasteiger partial charge is 0.343 e. The first kappa shape index (κ1) is 13.4. The molecule has 2 unspecified atom stereocenters. The molecular formula is C14H14FNO3S. The first-order valence-corrected chi connectivity index (χ1v) is 7.33. The fourth-order valence-corrected chi connectivity index (χ4v) is 3.94. The van der Waals surface area contributed by atoms with E-state index in [9.17, 15) is 14.0 Å². The third kappa shape index (κ3) is 2.18. The summed E-state index contributed by atoms with van der Waals surface area (Å²) in [5.74, 6) is -1.64. The van der Waals surface area contributed by atoms with Crippen LogP contribution in [0.2, 0.25) is 0 Å². The molecule has 1 amide bonds. The SMILES string of the molecule is O=C(C1Cc2ccccc2S1)N1CCC(F)(C(=O)O)C1. The number of rotatable bonds is 2. The Bertz CT molecular complexity index is 554. The van der Waals surface area contributed by atoms with E-state index in [1.54, 1.807) is 0 Å². The van der Waals surface area contributed by atoms with E-state index in [1.807, 2.05) is 24.3 Å². The number of halogens is 1. The van der Waals surface area contributed by atoms with E-state index in [4.69, 9.17) is 5.11 Å². The highest BCUT2D eigenvalue weighted by molar-refractivity contribution is 8.01. The van der Waals surface area contributed by atoms with Crippen LogP contribution in [0.5, 0.6) is 0 Å². The number of carboxylic acids is 1. The van der Waals surface area contributed by atoms with Crippen LogP contribution in [-0.4, -0.2) is 45.9 Å². The Morgan fingerprint density at radius 3 is 2.80 bits per heavy atom. The van der Waals surface area contributed by atoms with E-state index in [-0.39, 0.29) is 30.7 Å². The van der Waals surface area contributed by atoms with Crippen LogP contribution in [0.4, 0.5) is 4.39 Å². The number of thioether (sulfide) groups is 1. The summed E-state index contributed by atoms with van der Waals surface area (Å²) in [7, 11) is 0. The fraction of sp³-hybridized carbons (Fsp3) is 0.429. The van der Waals surface area contributed by atoms with Crippen molar-refractivity contribution in [2.45, 2.75) is 28.7 Å². The summed E-state index contributed by atoms with van der Waals surface area (Å²) < 4.78 is 14.0. The highest BCUT2D eigenvalue weighted by Gasteiger charge is 2.48. The summed E-state index contributed by atoms with van der Waals surface area (Å²) >= 11 is 1.48. The van der Waals surface area contributed by atoms with Crippen molar-refractivity contribution in [3.05, 3.63) is 29.8 Å². The molecule has 0 saturated carbocycles. The number of hydrogen-bond acceptors (Lipinski definition) is 3. The highest BCUT2D eigenvalue weighted by Crippen LogP contribution is 2.38. The van der Waals surface area contributed by atoms with Gasteiger partial charge in [0.25, 0.3) is 0 Å². The molecule has 1 N–H and O–H groups in total. The minimum Gasteiger partial charge on any atom is -0.479 e. The molecular weight excluding hydrogens is 281 g/mol. The third-order valence-electron chi connectivity index (χ3n) is 3.84.